The van der Waals surface area contributed by atoms with E-state index in [1.807, 2.05) is 14.1 Å². The number of ketones is 2. The first kappa shape index (κ1) is 19.1. The molecule has 142 valence electrons. The van der Waals surface area contributed by atoms with E-state index in [2.05, 4.69) is 33.8 Å². The molecule has 0 aromatic heterocycles. The summed E-state index contributed by atoms with van der Waals surface area (Å²) in [6, 6.07) is 0. The Bertz CT molecular complexity index is 726. The lowest BCUT2D eigenvalue weighted by atomic mass is 9.46. The lowest BCUT2D eigenvalue weighted by Crippen LogP contribution is -2.50. The molecule has 0 unspecified atom stereocenters. The number of allylic oxidation sites excluding steroid dienone is 5. The van der Waals surface area contributed by atoms with Crippen LogP contribution in [0.4, 0.5) is 0 Å². The van der Waals surface area contributed by atoms with Crippen LogP contribution in [-0.4, -0.2) is 30.6 Å². The number of likely N-dealkylation sites (N-methyl/N-ethyl adjacent to an activating group) is 1. The van der Waals surface area contributed by atoms with Gasteiger partial charge in [-0.15, -0.1) is 0 Å². The normalized spacial score (nSPS) is 37.5. The van der Waals surface area contributed by atoms with E-state index < -0.39 is 0 Å². The van der Waals surface area contributed by atoms with E-state index in [0.717, 1.165) is 6.42 Å². The number of Topliss-reactive ketones (excluding diaryl/α,β-unsaturated/α-hetero) is 1. The summed E-state index contributed by atoms with van der Waals surface area (Å²) >= 11 is 0. The molecule has 1 saturated carbocycles. The number of carbonyl (C=O) groups excluding carboxylic acids is 2. The van der Waals surface area contributed by atoms with Crippen LogP contribution in [-0.2, 0) is 9.59 Å². The Labute approximate surface area is 158 Å². The highest BCUT2D eigenvalue weighted by Gasteiger charge is 2.53. The van der Waals surface area contributed by atoms with Gasteiger partial charge in [-0.3, -0.25) is 9.59 Å². The standard InChI is InChI=1S/C23H33NO2/c1-15-8-7-9-20-22(15,3)11-10-16(2)23(20,4)14-17-12-18(25)13-19(21(17)26)24(5)6/h8,12-13,16,20H,7,9-11,14H2,1-6H3/t16-,20+,22+,23+/m0/s1. The molecule has 3 rings (SSSR count). The quantitative estimate of drug-likeness (QED) is 0.544. The largest absolute Gasteiger partial charge is 0.374 e. The van der Waals surface area contributed by atoms with Crippen molar-refractivity contribution in [3.8, 4) is 0 Å². The molecule has 0 N–H and O–H groups in total. The average Bonchev–Trinajstić information content (AvgIpc) is 2.56. The number of hydrogen-bond donors (Lipinski definition) is 0. The summed E-state index contributed by atoms with van der Waals surface area (Å²) in [5, 5.41) is 0. The maximum Gasteiger partial charge on any atom is 0.205 e. The zero-order chi connectivity index (χ0) is 19.3. The summed E-state index contributed by atoms with van der Waals surface area (Å²) in [6.45, 7) is 9.40. The fourth-order valence-electron chi connectivity index (χ4n) is 5.73. The molecule has 0 saturated heterocycles. The molecule has 0 aromatic rings. The van der Waals surface area contributed by atoms with Gasteiger partial charge < -0.3 is 4.90 Å². The van der Waals surface area contributed by atoms with Crippen LogP contribution in [0.2, 0.25) is 0 Å². The summed E-state index contributed by atoms with van der Waals surface area (Å²) in [7, 11) is 3.66. The van der Waals surface area contributed by atoms with Gasteiger partial charge in [0.15, 0.2) is 5.78 Å². The molecular weight excluding hydrogens is 322 g/mol. The molecule has 4 atom stereocenters. The molecule has 0 bridgehead atoms. The Morgan fingerprint density at radius 3 is 2.50 bits per heavy atom. The summed E-state index contributed by atoms with van der Waals surface area (Å²) in [6.07, 6.45) is 10.9. The predicted octanol–water partition coefficient (Wildman–Crippen LogP) is 4.70. The zero-order valence-corrected chi connectivity index (χ0v) is 17.2. The van der Waals surface area contributed by atoms with Crippen molar-refractivity contribution in [1.82, 2.24) is 4.90 Å². The second kappa shape index (κ2) is 6.51. The molecule has 0 radical (unpaired) electrons. The second-order valence-electron chi connectivity index (χ2n) is 9.38. The second-order valence-corrected chi connectivity index (χ2v) is 9.38. The third-order valence-corrected chi connectivity index (χ3v) is 7.77. The molecule has 0 spiro atoms. The van der Waals surface area contributed by atoms with Gasteiger partial charge in [-0.25, -0.2) is 0 Å². The zero-order valence-electron chi connectivity index (χ0n) is 17.2. The van der Waals surface area contributed by atoms with Crippen molar-refractivity contribution in [2.45, 2.75) is 59.8 Å². The van der Waals surface area contributed by atoms with Crippen LogP contribution in [0, 0.1) is 22.7 Å². The number of rotatable bonds is 3. The Morgan fingerprint density at radius 2 is 1.85 bits per heavy atom. The van der Waals surface area contributed by atoms with Crippen LogP contribution in [0.5, 0.6) is 0 Å². The minimum Gasteiger partial charge on any atom is -0.374 e. The van der Waals surface area contributed by atoms with Crippen molar-refractivity contribution in [3.05, 3.63) is 35.1 Å². The first-order valence-corrected chi connectivity index (χ1v) is 9.95. The molecule has 0 heterocycles. The van der Waals surface area contributed by atoms with E-state index in [1.54, 1.807) is 11.0 Å². The van der Waals surface area contributed by atoms with Crippen molar-refractivity contribution in [2.75, 3.05) is 14.1 Å². The van der Waals surface area contributed by atoms with Crippen LogP contribution in [0.1, 0.15) is 59.8 Å². The van der Waals surface area contributed by atoms with Gasteiger partial charge in [-0.05, 0) is 67.8 Å². The number of nitrogens with zero attached hydrogens (tertiary/aromatic N) is 1. The first-order valence-electron chi connectivity index (χ1n) is 9.95. The summed E-state index contributed by atoms with van der Waals surface area (Å²) in [4.78, 5) is 27.0. The predicted molar refractivity (Wildman–Crippen MR) is 106 cm³/mol. The van der Waals surface area contributed by atoms with Gasteiger partial charge in [0.1, 0.15) is 0 Å². The minimum absolute atomic E-state index is 0.0263. The summed E-state index contributed by atoms with van der Waals surface area (Å²) in [5.74, 6) is 1.07. The highest BCUT2D eigenvalue weighted by Crippen LogP contribution is 2.62. The van der Waals surface area contributed by atoms with Crippen molar-refractivity contribution >= 4 is 11.6 Å². The monoisotopic (exact) mass is 355 g/mol. The molecule has 0 aromatic carbocycles. The highest BCUT2D eigenvalue weighted by molar-refractivity contribution is 6.19. The lowest BCUT2D eigenvalue weighted by molar-refractivity contribution is -0.117. The van der Waals surface area contributed by atoms with Gasteiger partial charge >= 0.3 is 0 Å². The van der Waals surface area contributed by atoms with E-state index in [9.17, 15) is 9.59 Å². The summed E-state index contributed by atoms with van der Waals surface area (Å²) in [5.41, 5.74) is 3.00. The fourth-order valence-corrected chi connectivity index (χ4v) is 5.73. The van der Waals surface area contributed by atoms with Gasteiger partial charge in [0.25, 0.3) is 0 Å². The highest BCUT2D eigenvalue weighted by atomic mass is 16.1. The maximum absolute atomic E-state index is 13.0. The topological polar surface area (TPSA) is 37.4 Å². The molecule has 3 aliphatic carbocycles. The van der Waals surface area contributed by atoms with Crippen LogP contribution >= 0.6 is 0 Å². The van der Waals surface area contributed by atoms with Crippen LogP contribution in [0.15, 0.2) is 35.1 Å². The van der Waals surface area contributed by atoms with Crippen LogP contribution in [0.25, 0.3) is 0 Å². The first-order chi connectivity index (χ1) is 12.1. The Kier molecular flexibility index (Phi) is 4.79. The van der Waals surface area contributed by atoms with Crippen LogP contribution in [0.3, 0.4) is 0 Å². The summed E-state index contributed by atoms with van der Waals surface area (Å²) < 4.78 is 0. The van der Waals surface area contributed by atoms with Gasteiger partial charge in [-0.1, -0.05) is 32.4 Å². The van der Waals surface area contributed by atoms with Gasteiger partial charge in [-0.2, -0.15) is 0 Å². The molecule has 1 fully saturated rings. The molecule has 3 heteroatoms. The lowest BCUT2D eigenvalue weighted by Gasteiger charge is -2.58. The number of fused-ring (bicyclic) bond motifs is 1. The Balaban J connectivity index is 1.96. The van der Waals surface area contributed by atoms with Gasteiger partial charge in [0, 0.05) is 25.7 Å². The van der Waals surface area contributed by atoms with Gasteiger partial charge in [0.2, 0.25) is 5.78 Å². The third kappa shape index (κ3) is 2.90. The molecule has 3 nitrogen and oxygen atoms in total. The molecule has 26 heavy (non-hydrogen) atoms. The molecule has 3 aliphatic rings. The van der Waals surface area contributed by atoms with Crippen LogP contribution < -0.4 is 0 Å². The minimum atomic E-state index is -0.0576. The van der Waals surface area contributed by atoms with Crippen molar-refractivity contribution in [3.63, 3.8) is 0 Å². The number of hydrogen-bond acceptors (Lipinski definition) is 3. The Morgan fingerprint density at radius 1 is 1.15 bits per heavy atom. The molecule has 0 amide bonds. The smallest absolute Gasteiger partial charge is 0.205 e. The molecular formula is C23H33NO2. The van der Waals surface area contributed by atoms with E-state index in [-0.39, 0.29) is 22.4 Å². The molecule has 0 aliphatic heterocycles. The number of carbonyl (C=O) groups is 2. The van der Waals surface area contributed by atoms with E-state index in [0.29, 0.717) is 29.5 Å². The van der Waals surface area contributed by atoms with Crippen molar-refractivity contribution < 1.29 is 9.59 Å². The van der Waals surface area contributed by atoms with Crippen molar-refractivity contribution in [2.24, 2.45) is 22.7 Å². The Hall–Kier alpha value is -1.64. The van der Waals surface area contributed by atoms with Gasteiger partial charge in [0.05, 0.1) is 5.70 Å². The average molecular weight is 356 g/mol. The van der Waals surface area contributed by atoms with E-state index in [1.165, 1.54) is 30.9 Å². The van der Waals surface area contributed by atoms with E-state index in [4.69, 9.17) is 0 Å². The van der Waals surface area contributed by atoms with Crippen molar-refractivity contribution in [1.29, 1.82) is 0 Å². The fraction of sp³-hybridized carbons (Fsp3) is 0.652. The SMILES string of the molecule is CC1=CCC[C@H]2[C@](C)(CC3=CC(=O)C=C(N(C)C)C3=O)[C@@H](C)CC[C@]12C. The third-order valence-electron chi connectivity index (χ3n) is 7.77. The van der Waals surface area contributed by atoms with E-state index >= 15 is 0 Å². The maximum atomic E-state index is 13.0.